The molecule has 0 heterocycles. The van der Waals surface area contributed by atoms with Crippen LogP contribution in [0.3, 0.4) is 0 Å². The van der Waals surface area contributed by atoms with Crippen molar-refractivity contribution in [2.45, 2.75) is 6.92 Å². The van der Waals surface area contributed by atoms with Gasteiger partial charge in [0.1, 0.15) is 4.74 Å². The molecule has 0 aliphatic carbocycles. The summed E-state index contributed by atoms with van der Waals surface area (Å²) in [6.45, 7) is 1.96. The van der Waals surface area contributed by atoms with Gasteiger partial charge in [0.05, 0.1) is 0 Å². The maximum absolute atomic E-state index is 5.86. The highest BCUT2D eigenvalue weighted by atomic mass is 35.9. The minimum atomic E-state index is -2.28. The standard InChI is InChI=1S/C7H7Cl2PS/c1-6-4-2-3-5-7(6)10(8,9)11/h2-5H,1H3. The van der Waals surface area contributed by atoms with Gasteiger partial charge in [-0.05, 0) is 12.5 Å². The molecule has 0 aliphatic rings. The third-order valence-electron chi connectivity index (χ3n) is 1.40. The predicted octanol–water partition coefficient (Wildman–Crippen LogP) is 3.41. The maximum atomic E-state index is 5.86. The molecule has 4 heteroatoms. The second-order valence-corrected chi connectivity index (χ2v) is 10.1. The SMILES string of the molecule is Cc1ccccc1P(=S)(Cl)Cl. The van der Waals surface area contributed by atoms with Crippen LogP contribution in [0.1, 0.15) is 5.56 Å². The number of aryl methyl sites for hydroxylation is 1. The van der Waals surface area contributed by atoms with Crippen molar-refractivity contribution in [3.63, 3.8) is 0 Å². The molecule has 1 aromatic rings. The van der Waals surface area contributed by atoms with Crippen molar-refractivity contribution in [1.82, 2.24) is 0 Å². The van der Waals surface area contributed by atoms with Gasteiger partial charge in [-0.15, -0.1) is 0 Å². The van der Waals surface area contributed by atoms with Crippen LogP contribution < -0.4 is 5.30 Å². The molecule has 0 spiro atoms. The smallest absolute Gasteiger partial charge is 0.0633 e. The maximum Gasteiger partial charge on any atom is 0.147 e. The van der Waals surface area contributed by atoms with Crippen LogP contribution in [-0.4, -0.2) is 0 Å². The van der Waals surface area contributed by atoms with E-state index in [0.717, 1.165) is 10.9 Å². The molecule has 0 aliphatic heterocycles. The summed E-state index contributed by atoms with van der Waals surface area (Å²) in [6.07, 6.45) is 0. The van der Waals surface area contributed by atoms with Crippen LogP contribution in [0.25, 0.3) is 0 Å². The summed E-state index contributed by atoms with van der Waals surface area (Å²) < 4.78 is -2.28. The fraction of sp³-hybridized carbons (Fsp3) is 0.143. The van der Waals surface area contributed by atoms with Crippen molar-refractivity contribution >= 4 is 44.3 Å². The number of rotatable bonds is 1. The van der Waals surface area contributed by atoms with Crippen LogP contribution in [0.4, 0.5) is 0 Å². The van der Waals surface area contributed by atoms with E-state index in [9.17, 15) is 0 Å². The molecular formula is C7H7Cl2PS. The Morgan fingerprint density at radius 3 is 2.18 bits per heavy atom. The molecule has 0 radical (unpaired) electrons. The molecule has 11 heavy (non-hydrogen) atoms. The number of hydrogen-bond acceptors (Lipinski definition) is 1. The van der Waals surface area contributed by atoms with E-state index in [1.54, 1.807) is 0 Å². The molecule has 0 fully saturated rings. The Balaban J connectivity index is 3.25. The third-order valence-corrected chi connectivity index (χ3v) is 4.14. The van der Waals surface area contributed by atoms with Crippen LogP contribution in [0.5, 0.6) is 0 Å². The normalized spacial score (nSPS) is 11.5. The van der Waals surface area contributed by atoms with E-state index in [1.165, 1.54) is 0 Å². The average Bonchev–Trinajstić information content (AvgIpc) is 1.86. The Labute approximate surface area is 81.1 Å². The zero-order chi connectivity index (χ0) is 8.48. The summed E-state index contributed by atoms with van der Waals surface area (Å²) in [5.41, 5.74) is 1.07. The van der Waals surface area contributed by atoms with E-state index in [1.807, 2.05) is 31.2 Å². The third kappa shape index (κ3) is 2.45. The van der Waals surface area contributed by atoms with Gasteiger partial charge in [-0.25, -0.2) is 0 Å². The molecular weight excluding hydrogens is 218 g/mol. The Hall–Kier alpha value is 0.450. The zero-order valence-electron chi connectivity index (χ0n) is 5.92. The molecule has 0 bridgehead atoms. The zero-order valence-corrected chi connectivity index (χ0v) is 9.14. The summed E-state index contributed by atoms with van der Waals surface area (Å²) in [5.74, 6) is 0. The monoisotopic (exact) mass is 224 g/mol. The molecule has 1 aromatic carbocycles. The molecule has 1 rings (SSSR count). The van der Waals surface area contributed by atoms with E-state index in [-0.39, 0.29) is 0 Å². The second-order valence-electron chi connectivity index (χ2n) is 2.25. The summed E-state index contributed by atoms with van der Waals surface area (Å²) in [6, 6.07) is 7.68. The topological polar surface area (TPSA) is 0 Å². The largest absolute Gasteiger partial charge is 0.147 e. The van der Waals surface area contributed by atoms with Gasteiger partial charge in [0.15, 0.2) is 0 Å². The first-order valence-electron chi connectivity index (χ1n) is 3.07. The molecule has 60 valence electrons. The highest BCUT2D eigenvalue weighted by Gasteiger charge is 2.13. The molecule has 0 aromatic heterocycles. The fourth-order valence-corrected chi connectivity index (χ4v) is 3.35. The lowest BCUT2D eigenvalue weighted by Crippen LogP contribution is -2.00. The minimum Gasteiger partial charge on any atom is -0.0633 e. The van der Waals surface area contributed by atoms with Gasteiger partial charge < -0.3 is 0 Å². The van der Waals surface area contributed by atoms with Gasteiger partial charge in [0.25, 0.3) is 0 Å². The molecule has 0 atom stereocenters. The first-order chi connectivity index (χ1) is 5.02. The molecule has 0 saturated heterocycles. The summed E-state index contributed by atoms with van der Waals surface area (Å²) in [4.78, 5) is 0. The van der Waals surface area contributed by atoms with Crippen LogP contribution >= 0.6 is 27.2 Å². The van der Waals surface area contributed by atoms with Crippen molar-refractivity contribution < 1.29 is 0 Å². The Bertz CT molecular complexity index is 305. The van der Waals surface area contributed by atoms with E-state index in [4.69, 9.17) is 34.3 Å². The number of benzene rings is 1. The van der Waals surface area contributed by atoms with Crippen LogP contribution in [0.15, 0.2) is 24.3 Å². The van der Waals surface area contributed by atoms with Gasteiger partial charge in [0.2, 0.25) is 0 Å². The van der Waals surface area contributed by atoms with Crippen molar-refractivity contribution in [2.24, 2.45) is 0 Å². The highest BCUT2D eigenvalue weighted by molar-refractivity contribution is 8.42. The van der Waals surface area contributed by atoms with E-state index in [2.05, 4.69) is 0 Å². The van der Waals surface area contributed by atoms with Crippen molar-refractivity contribution in [2.75, 3.05) is 0 Å². The van der Waals surface area contributed by atoms with Crippen LogP contribution in [0, 0.1) is 6.92 Å². The van der Waals surface area contributed by atoms with Gasteiger partial charge in [-0.2, -0.15) is 0 Å². The van der Waals surface area contributed by atoms with E-state index >= 15 is 0 Å². The molecule has 0 N–H and O–H groups in total. The van der Waals surface area contributed by atoms with Crippen molar-refractivity contribution in [1.29, 1.82) is 0 Å². The van der Waals surface area contributed by atoms with E-state index in [0.29, 0.717) is 0 Å². The highest BCUT2D eigenvalue weighted by Crippen LogP contribution is 2.56. The quantitative estimate of drug-likeness (QED) is 0.660. The Morgan fingerprint density at radius 1 is 1.27 bits per heavy atom. The van der Waals surface area contributed by atoms with Crippen molar-refractivity contribution in [3.8, 4) is 0 Å². The van der Waals surface area contributed by atoms with Gasteiger partial charge in [0, 0.05) is 5.30 Å². The van der Waals surface area contributed by atoms with Crippen LogP contribution in [0.2, 0.25) is 0 Å². The summed E-state index contributed by atoms with van der Waals surface area (Å²) in [7, 11) is 0. The summed E-state index contributed by atoms with van der Waals surface area (Å²) in [5, 5.41) is 0.901. The molecule has 0 amide bonds. The average molecular weight is 225 g/mol. The summed E-state index contributed by atoms with van der Waals surface area (Å²) >= 11 is 16.7. The predicted molar refractivity (Wildman–Crippen MR) is 56.8 cm³/mol. The van der Waals surface area contributed by atoms with Gasteiger partial charge in [-0.3, -0.25) is 0 Å². The van der Waals surface area contributed by atoms with Crippen molar-refractivity contribution in [3.05, 3.63) is 29.8 Å². The van der Waals surface area contributed by atoms with Crippen LogP contribution in [-0.2, 0) is 11.8 Å². The lowest BCUT2D eigenvalue weighted by molar-refractivity contribution is 1.52. The first kappa shape index (κ1) is 9.54. The molecule has 0 saturated carbocycles. The lowest BCUT2D eigenvalue weighted by atomic mass is 10.2. The van der Waals surface area contributed by atoms with Gasteiger partial charge in [-0.1, -0.05) is 58.6 Å². The molecule has 0 nitrogen and oxygen atoms in total. The number of halogens is 2. The molecule has 0 unspecified atom stereocenters. The fourth-order valence-electron chi connectivity index (χ4n) is 0.855. The lowest BCUT2D eigenvalue weighted by Gasteiger charge is -2.07. The first-order valence-corrected chi connectivity index (χ1v) is 7.68. The van der Waals surface area contributed by atoms with E-state index < -0.39 is 4.74 Å². The number of hydrogen-bond donors (Lipinski definition) is 0. The minimum absolute atomic E-state index is 0.901. The van der Waals surface area contributed by atoms with Gasteiger partial charge >= 0.3 is 0 Å². The second kappa shape index (κ2) is 3.45. The Kier molecular flexibility index (Phi) is 2.99. The Morgan fingerprint density at radius 2 is 1.82 bits per heavy atom.